The van der Waals surface area contributed by atoms with Gasteiger partial charge in [0.1, 0.15) is 11.8 Å². The largest absolute Gasteiger partial charge is 0.435 e. The van der Waals surface area contributed by atoms with Gasteiger partial charge in [-0.3, -0.25) is 0 Å². The van der Waals surface area contributed by atoms with Crippen molar-refractivity contribution in [2.24, 2.45) is 0 Å². The van der Waals surface area contributed by atoms with E-state index in [0.29, 0.717) is 11.4 Å². The van der Waals surface area contributed by atoms with Crippen LogP contribution in [-0.4, -0.2) is 11.6 Å². The van der Waals surface area contributed by atoms with Crippen molar-refractivity contribution < 1.29 is 13.5 Å². The van der Waals surface area contributed by atoms with Crippen molar-refractivity contribution >= 4 is 11.4 Å². The second-order valence-electron chi connectivity index (χ2n) is 4.05. The number of ether oxygens (including phenoxy) is 1. The number of hydrogen-bond acceptors (Lipinski definition) is 4. The number of benzene rings is 1. The monoisotopic (exact) mass is 275 g/mol. The van der Waals surface area contributed by atoms with Gasteiger partial charge < -0.3 is 10.1 Å². The quantitative estimate of drug-likeness (QED) is 0.926. The van der Waals surface area contributed by atoms with Crippen LogP contribution in [0.3, 0.4) is 0 Å². The average Bonchev–Trinajstić information content (AvgIpc) is 2.41. The molecule has 0 amide bonds. The Balaban J connectivity index is 2.18. The first-order valence-electron chi connectivity index (χ1n) is 5.77. The smallest absolute Gasteiger partial charge is 0.387 e. The van der Waals surface area contributed by atoms with Crippen LogP contribution in [0, 0.1) is 18.3 Å². The summed E-state index contributed by atoms with van der Waals surface area (Å²) in [6.45, 7) is -0.987. The molecule has 0 bridgehead atoms. The maximum atomic E-state index is 12.0. The van der Waals surface area contributed by atoms with E-state index in [9.17, 15) is 8.78 Å². The van der Waals surface area contributed by atoms with Crippen LogP contribution in [0.15, 0.2) is 36.5 Å². The minimum Gasteiger partial charge on any atom is -0.435 e. The van der Waals surface area contributed by atoms with Crippen LogP contribution in [0.5, 0.6) is 5.75 Å². The molecule has 0 aliphatic heterocycles. The number of alkyl halides is 2. The Kier molecular flexibility index (Phi) is 4.11. The van der Waals surface area contributed by atoms with Gasteiger partial charge in [0.25, 0.3) is 0 Å². The first-order valence-corrected chi connectivity index (χ1v) is 5.77. The fourth-order valence-corrected chi connectivity index (χ4v) is 1.63. The highest BCUT2D eigenvalue weighted by molar-refractivity contribution is 5.65. The van der Waals surface area contributed by atoms with E-state index in [4.69, 9.17) is 5.26 Å². The predicted octanol–water partition coefficient (Wildman–Crippen LogP) is 3.61. The lowest BCUT2D eigenvalue weighted by atomic mass is 10.2. The summed E-state index contributed by atoms with van der Waals surface area (Å²) in [5.74, 6) is 0.0772. The molecule has 0 fully saturated rings. The van der Waals surface area contributed by atoms with E-state index >= 15 is 0 Å². The van der Waals surface area contributed by atoms with E-state index in [2.05, 4.69) is 15.0 Å². The van der Waals surface area contributed by atoms with E-state index in [0.717, 1.165) is 5.56 Å². The molecule has 2 rings (SSSR count). The highest BCUT2D eigenvalue weighted by atomic mass is 19.3. The molecule has 0 atom stereocenters. The van der Waals surface area contributed by atoms with Crippen LogP contribution < -0.4 is 10.1 Å². The zero-order valence-corrected chi connectivity index (χ0v) is 10.6. The number of aryl methyl sites for hydroxylation is 1. The molecule has 0 saturated carbocycles. The third-order valence-electron chi connectivity index (χ3n) is 2.49. The number of nitrogens with zero attached hydrogens (tertiary/aromatic N) is 2. The minimum absolute atomic E-state index is 0.0772. The van der Waals surface area contributed by atoms with E-state index in [-0.39, 0.29) is 11.4 Å². The number of anilines is 2. The molecule has 1 aromatic heterocycles. The van der Waals surface area contributed by atoms with Gasteiger partial charge in [0.2, 0.25) is 0 Å². The number of aromatic nitrogens is 1. The number of rotatable bonds is 4. The summed E-state index contributed by atoms with van der Waals surface area (Å²) in [7, 11) is 0. The number of nitrogens with one attached hydrogen (secondary N) is 1. The zero-order chi connectivity index (χ0) is 14.5. The van der Waals surface area contributed by atoms with Crippen molar-refractivity contribution in [1.29, 1.82) is 5.26 Å². The van der Waals surface area contributed by atoms with Crippen LogP contribution >= 0.6 is 0 Å². The third kappa shape index (κ3) is 3.42. The molecular weight excluding hydrogens is 264 g/mol. The average molecular weight is 275 g/mol. The molecule has 6 heteroatoms. The maximum absolute atomic E-state index is 12.0. The normalized spacial score (nSPS) is 10.2. The Bertz CT molecular complexity index is 636. The molecular formula is C14H11F2N3O. The van der Waals surface area contributed by atoms with Crippen LogP contribution in [0.4, 0.5) is 20.2 Å². The lowest BCUT2D eigenvalue weighted by Crippen LogP contribution is -2.02. The van der Waals surface area contributed by atoms with Gasteiger partial charge in [-0.25, -0.2) is 4.98 Å². The summed E-state index contributed by atoms with van der Waals surface area (Å²) >= 11 is 0. The highest BCUT2D eigenvalue weighted by Gasteiger charge is 2.06. The van der Waals surface area contributed by atoms with E-state index in [1.54, 1.807) is 24.4 Å². The van der Waals surface area contributed by atoms with Crippen LogP contribution in [0.2, 0.25) is 0 Å². The van der Waals surface area contributed by atoms with Crippen LogP contribution in [0.1, 0.15) is 11.3 Å². The Morgan fingerprint density at radius 1 is 1.30 bits per heavy atom. The molecule has 0 spiro atoms. The molecule has 0 unspecified atom stereocenters. The molecule has 0 radical (unpaired) electrons. The molecule has 1 heterocycles. The zero-order valence-electron chi connectivity index (χ0n) is 10.6. The maximum Gasteiger partial charge on any atom is 0.387 e. The van der Waals surface area contributed by atoms with Crippen molar-refractivity contribution in [1.82, 2.24) is 4.98 Å². The SMILES string of the molecule is Cc1cnc(C#N)c(Nc2ccc(OC(F)F)cc2)c1. The number of hydrogen-bond donors (Lipinski definition) is 1. The standard InChI is InChI=1S/C14H11F2N3O/c1-9-6-12(13(7-17)18-8-9)19-10-2-4-11(5-3-10)20-14(15)16/h2-6,8,14,19H,1H3. The first-order chi connectivity index (χ1) is 9.58. The summed E-state index contributed by atoms with van der Waals surface area (Å²) in [6.07, 6.45) is 1.60. The Labute approximate surface area is 114 Å². The van der Waals surface area contributed by atoms with Crippen molar-refractivity contribution in [3.05, 3.63) is 47.8 Å². The van der Waals surface area contributed by atoms with Gasteiger partial charge in [0.15, 0.2) is 5.69 Å². The summed E-state index contributed by atoms with van der Waals surface area (Å²) in [4.78, 5) is 4.00. The van der Waals surface area contributed by atoms with Crippen molar-refractivity contribution in [2.75, 3.05) is 5.32 Å². The number of pyridine rings is 1. The molecule has 2 aromatic rings. The fraction of sp³-hybridized carbons (Fsp3) is 0.143. The van der Waals surface area contributed by atoms with Gasteiger partial charge in [-0.15, -0.1) is 0 Å². The summed E-state index contributed by atoms with van der Waals surface area (Å²) in [5, 5.41) is 12.0. The lowest BCUT2D eigenvalue weighted by molar-refractivity contribution is -0.0498. The second-order valence-corrected chi connectivity index (χ2v) is 4.05. The van der Waals surface area contributed by atoms with Crippen molar-refractivity contribution in [3.63, 3.8) is 0 Å². The molecule has 20 heavy (non-hydrogen) atoms. The van der Waals surface area contributed by atoms with Gasteiger partial charge in [0.05, 0.1) is 5.69 Å². The van der Waals surface area contributed by atoms with E-state index < -0.39 is 6.61 Å². The number of nitriles is 1. The van der Waals surface area contributed by atoms with E-state index in [1.165, 1.54) is 12.1 Å². The molecule has 0 saturated heterocycles. The van der Waals surface area contributed by atoms with Gasteiger partial charge in [0, 0.05) is 11.9 Å². The Morgan fingerprint density at radius 3 is 2.60 bits per heavy atom. The third-order valence-corrected chi connectivity index (χ3v) is 2.49. The Hall–Kier alpha value is -2.68. The van der Waals surface area contributed by atoms with Crippen LogP contribution in [0.25, 0.3) is 0 Å². The molecule has 1 aromatic carbocycles. The van der Waals surface area contributed by atoms with Crippen molar-refractivity contribution in [3.8, 4) is 11.8 Å². The van der Waals surface area contributed by atoms with Gasteiger partial charge in [-0.1, -0.05) is 0 Å². The molecule has 0 aliphatic carbocycles. The van der Waals surface area contributed by atoms with Crippen LogP contribution in [-0.2, 0) is 0 Å². The van der Waals surface area contributed by atoms with Gasteiger partial charge in [-0.05, 0) is 42.8 Å². The molecule has 4 nitrogen and oxygen atoms in total. The molecule has 0 aliphatic rings. The van der Waals surface area contributed by atoms with Crippen molar-refractivity contribution in [2.45, 2.75) is 13.5 Å². The van der Waals surface area contributed by atoms with Gasteiger partial charge >= 0.3 is 6.61 Å². The molecule has 1 N–H and O–H groups in total. The summed E-state index contributed by atoms with van der Waals surface area (Å²) in [6, 6.07) is 9.78. The molecule has 102 valence electrons. The Morgan fingerprint density at radius 2 is 2.00 bits per heavy atom. The second kappa shape index (κ2) is 5.97. The number of halogens is 2. The lowest BCUT2D eigenvalue weighted by Gasteiger charge is -2.09. The highest BCUT2D eigenvalue weighted by Crippen LogP contribution is 2.23. The topological polar surface area (TPSA) is 57.9 Å². The van der Waals surface area contributed by atoms with Gasteiger partial charge in [-0.2, -0.15) is 14.0 Å². The summed E-state index contributed by atoms with van der Waals surface area (Å²) < 4.78 is 28.3. The van der Waals surface area contributed by atoms with E-state index in [1.807, 2.05) is 13.0 Å². The summed E-state index contributed by atoms with van der Waals surface area (Å²) in [5.41, 5.74) is 2.39. The fourth-order valence-electron chi connectivity index (χ4n) is 1.63. The minimum atomic E-state index is -2.85. The predicted molar refractivity (Wildman–Crippen MR) is 70.0 cm³/mol. The first kappa shape index (κ1) is 13.7.